The maximum atomic E-state index is 12.3. The quantitative estimate of drug-likeness (QED) is 0.581. The van der Waals surface area contributed by atoms with Crippen molar-refractivity contribution >= 4 is 23.6 Å². The summed E-state index contributed by atoms with van der Waals surface area (Å²) in [5.74, 6) is 0.881. The highest BCUT2D eigenvalue weighted by atomic mass is 32.2. The van der Waals surface area contributed by atoms with Crippen molar-refractivity contribution in [1.82, 2.24) is 5.32 Å². The Bertz CT molecular complexity index is 796. The maximum absolute atomic E-state index is 12.3. The molecule has 0 unspecified atom stereocenters. The number of carbonyl (C=O) groups excluding carboxylic acids is 2. The predicted molar refractivity (Wildman–Crippen MR) is 102 cm³/mol. The lowest BCUT2D eigenvalue weighted by molar-refractivity contribution is -0.144. The first-order chi connectivity index (χ1) is 13.2. The molecule has 3 rings (SSSR count). The highest BCUT2D eigenvalue weighted by Gasteiger charge is 2.22. The Morgan fingerprint density at radius 2 is 1.85 bits per heavy atom. The van der Waals surface area contributed by atoms with Gasteiger partial charge in [0.05, 0.1) is 12.9 Å². The Balaban J connectivity index is 1.56. The van der Waals surface area contributed by atoms with Crippen molar-refractivity contribution in [3.8, 4) is 11.5 Å². The fraction of sp³-hybridized carbons (Fsp3) is 0.300. The number of nitrogens with one attached hydrogen (secondary N) is 1. The second kappa shape index (κ2) is 9.32. The van der Waals surface area contributed by atoms with Gasteiger partial charge in [-0.25, -0.2) is 4.79 Å². The zero-order valence-electron chi connectivity index (χ0n) is 15.0. The Morgan fingerprint density at radius 3 is 2.59 bits per heavy atom. The van der Waals surface area contributed by atoms with E-state index in [-0.39, 0.29) is 11.7 Å². The number of fused-ring (bicyclic) bond motifs is 1. The van der Waals surface area contributed by atoms with E-state index in [0.717, 1.165) is 10.5 Å². The molecular formula is C20H21NO5S. The van der Waals surface area contributed by atoms with Crippen molar-refractivity contribution in [2.75, 3.05) is 26.1 Å². The Hall–Kier alpha value is -2.67. The summed E-state index contributed by atoms with van der Waals surface area (Å²) in [6.45, 7) is 1.06. The van der Waals surface area contributed by atoms with Crippen LogP contribution in [0.25, 0.3) is 0 Å². The summed E-state index contributed by atoms with van der Waals surface area (Å²) in [6.07, 6.45) is 0.383. The molecule has 2 aromatic carbocycles. The third-order valence-corrected chi connectivity index (χ3v) is 4.98. The molecule has 0 spiro atoms. The molecule has 27 heavy (non-hydrogen) atoms. The van der Waals surface area contributed by atoms with Gasteiger partial charge in [0, 0.05) is 11.3 Å². The van der Waals surface area contributed by atoms with Crippen LogP contribution in [0.4, 0.5) is 0 Å². The van der Waals surface area contributed by atoms with Crippen molar-refractivity contribution < 1.29 is 23.8 Å². The number of rotatable bonds is 7. The minimum atomic E-state index is -0.717. The van der Waals surface area contributed by atoms with E-state index in [4.69, 9.17) is 14.2 Å². The van der Waals surface area contributed by atoms with Crippen molar-refractivity contribution in [2.45, 2.75) is 17.4 Å². The molecule has 1 heterocycles. The monoisotopic (exact) mass is 387 g/mol. The van der Waals surface area contributed by atoms with Gasteiger partial charge in [0.1, 0.15) is 19.3 Å². The third kappa shape index (κ3) is 5.40. The lowest BCUT2D eigenvalue weighted by Gasteiger charge is -2.19. The summed E-state index contributed by atoms with van der Waals surface area (Å²) in [6, 6.07) is 14.4. The maximum Gasteiger partial charge on any atom is 0.328 e. The summed E-state index contributed by atoms with van der Waals surface area (Å²) in [5, 5.41) is 2.76. The summed E-state index contributed by atoms with van der Waals surface area (Å²) in [5.41, 5.74) is 0.952. The van der Waals surface area contributed by atoms with E-state index in [1.54, 1.807) is 0 Å². The lowest BCUT2D eigenvalue weighted by atomic mass is 10.1. The highest BCUT2D eigenvalue weighted by molar-refractivity contribution is 8.00. The molecule has 142 valence electrons. The molecule has 0 bridgehead atoms. The molecule has 0 aliphatic carbocycles. The first-order valence-electron chi connectivity index (χ1n) is 8.59. The topological polar surface area (TPSA) is 73.9 Å². The van der Waals surface area contributed by atoms with E-state index < -0.39 is 12.0 Å². The largest absolute Gasteiger partial charge is 0.486 e. The third-order valence-electron chi connectivity index (χ3n) is 3.99. The molecule has 0 saturated heterocycles. The van der Waals surface area contributed by atoms with E-state index in [0.29, 0.717) is 31.1 Å². The summed E-state index contributed by atoms with van der Waals surface area (Å²) in [7, 11) is 1.32. The second-order valence-corrected chi connectivity index (χ2v) is 6.98. The van der Waals surface area contributed by atoms with Crippen LogP contribution < -0.4 is 14.8 Å². The average molecular weight is 387 g/mol. The lowest BCUT2D eigenvalue weighted by Crippen LogP contribution is -2.43. The summed E-state index contributed by atoms with van der Waals surface area (Å²) >= 11 is 1.37. The van der Waals surface area contributed by atoms with Gasteiger partial charge >= 0.3 is 5.97 Å². The van der Waals surface area contributed by atoms with Gasteiger partial charge in [0.15, 0.2) is 11.5 Å². The molecule has 1 aliphatic heterocycles. The van der Waals surface area contributed by atoms with Crippen LogP contribution in [-0.4, -0.2) is 44.0 Å². The van der Waals surface area contributed by atoms with Gasteiger partial charge in [-0.15, -0.1) is 11.8 Å². The van der Waals surface area contributed by atoms with Crippen LogP contribution >= 0.6 is 11.8 Å². The molecule has 0 aromatic heterocycles. The second-order valence-electron chi connectivity index (χ2n) is 5.93. The molecule has 0 fully saturated rings. The Kier molecular flexibility index (Phi) is 6.59. The molecule has 1 N–H and O–H groups in total. The number of thioether (sulfide) groups is 1. The smallest absolute Gasteiger partial charge is 0.328 e. The molecule has 0 saturated carbocycles. The van der Waals surface area contributed by atoms with Crippen molar-refractivity contribution in [1.29, 1.82) is 0 Å². The Morgan fingerprint density at radius 1 is 1.11 bits per heavy atom. The van der Waals surface area contributed by atoms with Gasteiger partial charge in [0.25, 0.3) is 0 Å². The van der Waals surface area contributed by atoms with E-state index in [1.165, 1.54) is 18.9 Å². The van der Waals surface area contributed by atoms with Gasteiger partial charge in [0.2, 0.25) is 5.91 Å². The van der Waals surface area contributed by atoms with Crippen molar-refractivity contribution in [3.63, 3.8) is 0 Å². The molecule has 1 amide bonds. The minimum Gasteiger partial charge on any atom is -0.486 e. The average Bonchev–Trinajstić information content (AvgIpc) is 2.71. The number of carbonyl (C=O) groups is 2. The SMILES string of the molecule is COC(=O)[C@@H](Cc1ccccc1)NC(=O)CSc1ccc2c(c1)OCCO2. The fourth-order valence-electron chi connectivity index (χ4n) is 2.68. The van der Waals surface area contributed by atoms with Crippen LogP contribution in [-0.2, 0) is 20.7 Å². The number of ether oxygens (including phenoxy) is 3. The molecule has 1 aliphatic rings. The predicted octanol–water partition coefficient (Wildman–Crippen LogP) is 2.45. The van der Waals surface area contributed by atoms with E-state index in [2.05, 4.69) is 5.32 Å². The number of hydrogen-bond donors (Lipinski definition) is 1. The van der Waals surface area contributed by atoms with E-state index in [1.807, 2.05) is 48.5 Å². The van der Waals surface area contributed by atoms with Crippen molar-refractivity contribution in [2.24, 2.45) is 0 Å². The molecule has 7 heteroatoms. The van der Waals surface area contributed by atoms with Crippen LogP contribution in [0, 0.1) is 0 Å². The number of amides is 1. The van der Waals surface area contributed by atoms with Crippen LogP contribution in [0.2, 0.25) is 0 Å². The van der Waals surface area contributed by atoms with Crippen LogP contribution in [0.15, 0.2) is 53.4 Å². The first kappa shape index (κ1) is 19.1. The first-order valence-corrected chi connectivity index (χ1v) is 9.58. The van der Waals surface area contributed by atoms with Gasteiger partial charge in [-0.1, -0.05) is 30.3 Å². The normalized spacial score (nSPS) is 13.5. The van der Waals surface area contributed by atoms with E-state index >= 15 is 0 Å². The van der Waals surface area contributed by atoms with E-state index in [9.17, 15) is 9.59 Å². The number of benzene rings is 2. The van der Waals surface area contributed by atoms with Crippen molar-refractivity contribution in [3.05, 3.63) is 54.1 Å². The standard InChI is InChI=1S/C20H21NO5S/c1-24-20(23)16(11-14-5-3-2-4-6-14)21-19(22)13-27-15-7-8-17-18(12-15)26-10-9-25-17/h2-8,12,16H,9-11,13H2,1H3,(H,21,22)/t16-/m1/s1. The van der Waals surface area contributed by atoms with Gasteiger partial charge in [-0.3, -0.25) is 4.79 Å². The fourth-order valence-corrected chi connectivity index (χ4v) is 3.42. The molecule has 0 radical (unpaired) electrons. The molecule has 6 nitrogen and oxygen atoms in total. The molecule has 2 aromatic rings. The zero-order valence-corrected chi connectivity index (χ0v) is 15.8. The van der Waals surface area contributed by atoms with Crippen LogP contribution in [0.3, 0.4) is 0 Å². The van der Waals surface area contributed by atoms with Crippen LogP contribution in [0.1, 0.15) is 5.56 Å². The summed E-state index contributed by atoms with van der Waals surface area (Å²) < 4.78 is 15.9. The van der Waals surface area contributed by atoms with Gasteiger partial charge in [-0.05, 0) is 23.8 Å². The number of methoxy groups -OCH3 is 1. The Labute approximate surface area is 162 Å². The van der Waals surface area contributed by atoms with Gasteiger partial charge < -0.3 is 19.5 Å². The molecule has 1 atom stereocenters. The zero-order chi connectivity index (χ0) is 19.1. The van der Waals surface area contributed by atoms with Gasteiger partial charge in [-0.2, -0.15) is 0 Å². The highest BCUT2D eigenvalue weighted by Crippen LogP contribution is 2.34. The summed E-state index contributed by atoms with van der Waals surface area (Å²) in [4.78, 5) is 25.2. The number of esters is 1. The molecular weight excluding hydrogens is 366 g/mol. The number of hydrogen-bond acceptors (Lipinski definition) is 6. The van der Waals surface area contributed by atoms with Crippen LogP contribution in [0.5, 0.6) is 11.5 Å². The minimum absolute atomic E-state index is 0.182.